The van der Waals surface area contributed by atoms with Crippen LogP contribution in [0.3, 0.4) is 0 Å². The minimum Gasteiger partial charge on any atom is -0.468 e. The number of carbonyl (C=O) groups is 1. The van der Waals surface area contributed by atoms with Crippen molar-refractivity contribution in [3.05, 3.63) is 0 Å². The number of rotatable bonds is 2. The molecule has 0 aromatic rings. The predicted molar refractivity (Wildman–Crippen MR) is 50.2 cm³/mol. The van der Waals surface area contributed by atoms with Gasteiger partial charge < -0.3 is 10.5 Å². The smallest absolute Gasteiger partial charge is 0.319 e. The van der Waals surface area contributed by atoms with Crippen molar-refractivity contribution in [3.8, 4) is 0 Å². The highest BCUT2D eigenvalue weighted by atomic mass is 16.5. The fourth-order valence-electron chi connectivity index (χ4n) is 1.89. The number of ether oxygens (including phenoxy) is 1. The molecule has 0 radical (unpaired) electrons. The number of nitrogens with zero attached hydrogens (tertiary/aromatic N) is 1. The Kier molecular flexibility index (Phi) is 3.69. The molecular weight excluding hydrogens is 168 g/mol. The summed E-state index contributed by atoms with van der Waals surface area (Å²) in [6.07, 6.45) is 1.05. The Hall–Kier alpha value is -0.610. The van der Waals surface area contributed by atoms with E-state index in [2.05, 4.69) is 16.6 Å². The van der Waals surface area contributed by atoms with E-state index in [1.54, 1.807) is 0 Å². The molecule has 1 rings (SSSR count). The van der Waals surface area contributed by atoms with Crippen LogP contribution >= 0.6 is 0 Å². The molecule has 13 heavy (non-hydrogen) atoms. The van der Waals surface area contributed by atoms with Crippen molar-refractivity contribution in [3.63, 3.8) is 0 Å². The SMILES string of the molecule is COC(=O)CN1CC(C)CC(N)C1. The molecule has 0 amide bonds. The Balaban J connectivity index is 2.37. The van der Waals surface area contributed by atoms with Gasteiger partial charge in [-0.1, -0.05) is 6.92 Å². The van der Waals surface area contributed by atoms with Gasteiger partial charge >= 0.3 is 5.97 Å². The Bertz CT molecular complexity index is 174. The zero-order chi connectivity index (χ0) is 9.84. The van der Waals surface area contributed by atoms with Crippen LogP contribution in [0.1, 0.15) is 13.3 Å². The van der Waals surface area contributed by atoms with Crippen LogP contribution in [0.5, 0.6) is 0 Å². The van der Waals surface area contributed by atoms with Gasteiger partial charge in [-0.05, 0) is 12.3 Å². The van der Waals surface area contributed by atoms with E-state index in [1.165, 1.54) is 7.11 Å². The van der Waals surface area contributed by atoms with Crippen LogP contribution in [0.25, 0.3) is 0 Å². The van der Waals surface area contributed by atoms with Crippen molar-refractivity contribution >= 4 is 5.97 Å². The first kappa shape index (κ1) is 10.5. The first-order valence-electron chi connectivity index (χ1n) is 4.66. The van der Waals surface area contributed by atoms with Crippen LogP contribution < -0.4 is 5.73 Å². The third kappa shape index (κ3) is 3.32. The van der Waals surface area contributed by atoms with E-state index in [0.29, 0.717) is 12.5 Å². The van der Waals surface area contributed by atoms with Crippen LogP contribution in [0, 0.1) is 5.92 Å². The number of piperidine rings is 1. The highest BCUT2D eigenvalue weighted by Crippen LogP contribution is 2.14. The fourth-order valence-corrected chi connectivity index (χ4v) is 1.89. The number of carbonyl (C=O) groups excluding carboxylic acids is 1. The maximum Gasteiger partial charge on any atom is 0.319 e. The van der Waals surface area contributed by atoms with Crippen molar-refractivity contribution < 1.29 is 9.53 Å². The highest BCUT2D eigenvalue weighted by Gasteiger charge is 2.23. The maximum absolute atomic E-state index is 11.0. The number of hydrogen-bond acceptors (Lipinski definition) is 4. The maximum atomic E-state index is 11.0. The standard InChI is InChI=1S/C9H18N2O2/c1-7-3-8(10)5-11(4-7)6-9(12)13-2/h7-8H,3-6,10H2,1-2H3. The Morgan fingerprint density at radius 3 is 2.85 bits per heavy atom. The van der Waals surface area contributed by atoms with Crippen molar-refractivity contribution in [2.45, 2.75) is 19.4 Å². The zero-order valence-electron chi connectivity index (χ0n) is 8.32. The molecule has 1 aliphatic heterocycles. The molecule has 0 spiro atoms. The minimum absolute atomic E-state index is 0.179. The summed E-state index contributed by atoms with van der Waals surface area (Å²) in [6, 6.07) is 0.202. The van der Waals surface area contributed by atoms with Gasteiger partial charge in [-0.3, -0.25) is 9.69 Å². The molecule has 0 aromatic carbocycles. The van der Waals surface area contributed by atoms with Gasteiger partial charge in [0.1, 0.15) is 0 Å². The molecule has 0 aromatic heterocycles. The van der Waals surface area contributed by atoms with Gasteiger partial charge in [-0.25, -0.2) is 0 Å². The number of nitrogens with two attached hydrogens (primary N) is 1. The van der Waals surface area contributed by atoms with Crippen molar-refractivity contribution in [1.82, 2.24) is 4.90 Å². The molecule has 0 saturated carbocycles. The van der Waals surface area contributed by atoms with Gasteiger partial charge in [-0.2, -0.15) is 0 Å². The molecule has 1 aliphatic rings. The van der Waals surface area contributed by atoms with E-state index >= 15 is 0 Å². The number of hydrogen-bond donors (Lipinski definition) is 1. The molecule has 1 saturated heterocycles. The third-order valence-corrected chi connectivity index (χ3v) is 2.35. The minimum atomic E-state index is -0.179. The first-order valence-corrected chi connectivity index (χ1v) is 4.66. The summed E-state index contributed by atoms with van der Waals surface area (Å²) in [4.78, 5) is 13.0. The molecule has 0 bridgehead atoms. The van der Waals surface area contributed by atoms with Gasteiger partial charge in [0.2, 0.25) is 0 Å². The van der Waals surface area contributed by atoms with Crippen molar-refractivity contribution in [2.24, 2.45) is 11.7 Å². The summed E-state index contributed by atoms with van der Waals surface area (Å²) < 4.78 is 4.60. The second-order valence-electron chi connectivity index (χ2n) is 3.87. The molecule has 1 fully saturated rings. The molecule has 76 valence electrons. The van der Waals surface area contributed by atoms with Gasteiger partial charge in [0.15, 0.2) is 0 Å². The number of esters is 1. The Morgan fingerprint density at radius 1 is 1.62 bits per heavy atom. The summed E-state index contributed by atoms with van der Waals surface area (Å²) in [5, 5.41) is 0. The van der Waals surface area contributed by atoms with Gasteiger partial charge in [0.05, 0.1) is 13.7 Å². The van der Waals surface area contributed by atoms with E-state index in [0.717, 1.165) is 19.5 Å². The molecule has 1 heterocycles. The molecule has 2 N–H and O–H groups in total. The monoisotopic (exact) mass is 186 g/mol. The summed E-state index contributed by atoms with van der Waals surface area (Å²) in [6.45, 7) is 4.28. The highest BCUT2D eigenvalue weighted by molar-refractivity contribution is 5.71. The lowest BCUT2D eigenvalue weighted by Crippen LogP contribution is -2.48. The van der Waals surface area contributed by atoms with Gasteiger partial charge in [-0.15, -0.1) is 0 Å². The molecule has 2 unspecified atom stereocenters. The van der Waals surface area contributed by atoms with E-state index in [4.69, 9.17) is 5.73 Å². The summed E-state index contributed by atoms with van der Waals surface area (Å²) >= 11 is 0. The average molecular weight is 186 g/mol. The number of likely N-dealkylation sites (tertiary alicyclic amines) is 1. The lowest BCUT2D eigenvalue weighted by molar-refractivity contribution is -0.142. The second kappa shape index (κ2) is 4.58. The summed E-state index contributed by atoms with van der Waals surface area (Å²) in [5.74, 6) is 0.398. The van der Waals surface area contributed by atoms with Gasteiger partial charge in [0, 0.05) is 19.1 Å². The van der Waals surface area contributed by atoms with Crippen LogP contribution in [0.4, 0.5) is 0 Å². The van der Waals surface area contributed by atoms with Crippen LogP contribution in [0.2, 0.25) is 0 Å². The van der Waals surface area contributed by atoms with Gasteiger partial charge in [0.25, 0.3) is 0 Å². The van der Waals surface area contributed by atoms with Crippen LogP contribution in [-0.4, -0.2) is 43.7 Å². The summed E-state index contributed by atoms with van der Waals surface area (Å²) in [5.41, 5.74) is 5.84. The van der Waals surface area contributed by atoms with E-state index in [1.807, 2.05) is 0 Å². The normalized spacial score (nSPS) is 30.1. The largest absolute Gasteiger partial charge is 0.468 e. The molecule has 4 heteroatoms. The predicted octanol–water partition coefficient (Wildman–Crippen LogP) is -0.171. The second-order valence-corrected chi connectivity index (χ2v) is 3.87. The lowest BCUT2D eigenvalue weighted by Gasteiger charge is -2.33. The Morgan fingerprint density at radius 2 is 2.31 bits per heavy atom. The lowest BCUT2D eigenvalue weighted by atomic mass is 9.97. The Labute approximate surface area is 79.0 Å². The fraction of sp³-hybridized carbons (Fsp3) is 0.889. The van der Waals surface area contributed by atoms with Crippen molar-refractivity contribution in [1.29, 1.82) is 0 Å². The number of methoxy groups -OCH3 is 1. The van der Waals surface area contributed by atoms with Crippen LogP contribution in [-0.2, 0) is 9.53 Å². The van der Waals surface area contributed by atoms with Crippen LogP contribution in [0.15, 0.2) is 0 Å². The first-order chi connectivity index (χ1) is 6.11. The van der Waals surface area contributed by atoms with E-state index in [9.17, 15) is 4.79 Å². The molecule has 0 aliphatic carbocycles. The third-order valence-electron chi connectivity index (χ3n) is 2.35. The quantitative estimate of drug-likeness (QED) is 0.608. The van der Waals surface area contributed by atoms with Crippen molar-refractivity contribution in [2.75, 3.05) is 26.7 Å². The van der Waals surface area contributed by atoms with E-state index < -0.39 is 0 Å². The molecule has 4 nitrogen and oxygen atoms in total. The topological polar surface area (TPSA) is 55.6 Å². The average Bonchev–Trinajstić information content (AvgIpc) is 2.02. The molecular formula is C9H18N2O2. The zero-order valence-corrected chi connectivity index (χ0v) is 8.32. The molecule has 2 atom stereocenters. The van der Waals surface area contributed by atoms with E-state index in [-0.39, 0.29) is 12.0 Å². The summed E-state index contributed by atoms with van der Waals surface area (Å²) in [7, 11) is 1.41.